The lowest BCUT2D eigenvalue weighted by Gasteiger charge is -2.12. The van der Waals surface area contributed by atoms with Crippen molar-refractivity contribution in [2.24, 2.45) is 0 Å². The van der Waals surface area contributed by atoms with Gasteiger partial charge in [0.25, 0.3) is 0 Å². The highest BCUT2D eigenvalue weighted by molar-refractivity contribution is 7.89. The van der Waals surface area contributed by atoms with Gasteiger partial charge in [0.1, 0.15) is 17.9 Å². The molecular formula is C11H11FN2O4S. The summed E-state index contributed by atoms with van der Waals surface area (Å²) in [6.07, 6.45) is 0. The maximum atomic E-state index is 13.1. The first kappa shape index (κ1) is 15.1. The van der Waals surface area contributed by atoms with Crippen molar-refractivity contribution in [3.63, 3.8) is 0 Å². The van der Waals surface area contributed by atoms with Crippen molar-refractivity contribution in [2.45, 2.75) is 17.9 Å². The highest BCUT2D eigenvalue weighted by Crippen LogP contribution is 2.14. The van der Waals surface area contributed by atoms with Gasteiger partial charge in [-0.05, 0) is 25.1 Å². The van der Waals surface area contributed by atoms with Gasteiger partial charge in [-0.2, -0.15) is 9.98 Å². The average molecular weight is 286 g/mol. The molecule has 0 heterocycles. The standard InChI is InChI=1S/C11H11FN2O4S/c1-7(11(15)18-2)14-19(16,17)9-3-4-10(12)8(5-9)6-13/h3-5,7,14H,1-2H3. The van der Waals surface area contributed by atoms with Gasteiger partial charge in [0.2, 0.25) is 10.0 Å². The number of nitriles is 1. The number of carbonyl (C=O) groups excluding carboxylic acids is 1. The fourth-order valence-corrected chi connectivity index (χ4v) is 2.50. The lowest BCUT2D eigenvalue weighted by molar-refractivity contribution is -0.142. The molecule has 0 spiro atoms. The van der Waals surface area contributed by atoms with Gasteiger partial charge in [0, 0.05) is 0 Å². The first-order chi connectivity index (χ1) is 8.81. The Morgan fingerprint density at radius 2 is 2.16 bits per heavy atom. The number of rotatable bonds is 4. The van der Waals surface area contributed by atoms with Gasteiger partial charge in [-0.25, -0.2) is 12.8 Å². The van der Waals surface area contributed by atoms with E-state index >= 15 is 0 Å². The summed E-state index contributed by atoms with van der Waals surface area (Å²) < 4.78 is 43.3. The number of methoxy groups -OCH3 is 1. The summed E-state index contributed by atoms with van der Waals surface area (Å²) in [4.78, 5) is 10.8. The minimum atomic E-state index is -4.03. The Bertz CT molecular complexity index is 637. The van der Waals surface area contributed by atoms with E-state index in [1.807, 2.05) is 0 Å². The number of esters is 1. The molecule has 8 heteroatoms. The monoisotopic (exact) mass is 286 g/mol. The maximum Gasteiger partial charge on any atom is 0.323 e. The zero-order chi connectivity index (χ0) is 14.6. The number of nitrogens with zero attached hydrogens (tertiary/aromatic N) is 1. The molecule has 0 radical (unpaired) electrons. The van der Waals surface area contributed by atoms with E-state index in [1.54, 1.807) is 0 Å². The summed E-state index contributed by atoms with van der Waals surface area (Å²) in [7, 11) is -2.91. The van der Waals surface area contributed by atoms with Crippen molar-refractivity contribution < 1.29 is 22.3 Å². The summed E-state index contributed by atoms with van der Waals surface area (Å²) in [5.74, 6) is -1.58. The van der Waals surface area contributed by atoms with E-state index in [-0.39, 0.29) is 4.90 Å². The van der Waals surface area contributed by atoms with Crippen molar-refractivity contribution in [3.05, 3.63) is 29.6 Å². The number of halogens is 1. The molecule has 1 N–H and O–H groups in total. The smallest absolute Gasteiger partial charge is 0.323 e. The van der Waals surface area contributed by atoms with Crippen LogP contribution >= 0.6 is 0 Å². The van der Waals surface area contributed by atoms with Crippen LogP contribution in [0.3, 0.4) is 0 Å². The normalized spacial score (nSPS) is 12.5. The van der Waals surface area contributed by atoms with Crippen LogP contribution in [0.2, 0.25) is 0 Å². The Labute approximate surface area is 109 Å². The minimum absolute atomic E-state index is 0.304. The van der Waals surface area contributed by atoms with E-state index in [1.165, 1.54) is 13.0 Å². The van der Waals surface area contributed by atoms with Crippen LogP contribution in [-0.2, 0) is 19.6 Å². The van der Waals surface area contributed by atoms with Crippen LogP contribution in [0, 0.1) is 17.1 Å². The van der Waals surface area contributed by atoms with Crippen molar-refractivity contribution in [2.75, 3.05) is 7.11 Å². The van der Waals surface area contributed by atoms with E-state index in [0.717, 1.165) is 25.3 Å². The van der Waals surface area contributed by atoms with Crippen LogP contribution in [0.5, 0.6) is 0 Å². The molecule has 0 aliphatic heterocycles. The first-order valence-electron chi connectivity index (χ1n) is 5.11. The number of hydrogen-bond acceptors (Lipinski definition) is 5. The zero-order valence-corrected chi connectivity index (χ0v) is 11.0. The van der Waals surface area contributed by atoms with Crippen molar-refractivity contribution in [3.8, 4) is 6.07 Å². The molecule has 102 valence electrons. The molecule has 1 rings (SSSR count). The van der Waals surface area contributed by atoms with Crippen LogP contribution < -0.4 is 4.72 Å². The van der Waals surface area contributed by atoms with Crippen LogP contribution in [0.4, 0.5) is 4.39 Å². The van der Waals surface area contributed by atoms with Crippen molar-refractivity contribution in [1.29, 1.82) is 5.26 Å². The number of hydrogen-bond donors (Lipinski definition) is 1. The minimum Gasteiger partial charge on any atom is -0.468 e. The lowest BCUT2D eigenvalue weighted by Crippen LogP contribution is -2.39. The topological polar surface area (TPSA) is 96.3 Å². The molecule has 0 amide bonds. The number of benzene rings is 1. The van der Waals surface area contributed by atoms with Gasteiger partial charge >= 0.3 is 5.97 Å². The zero-order valence-electron chi connectivity index (χ0n) is 10.2. The molecule has 0 fully saturated rings. The van der Waals surface area contributed by atoms with E-state index in [2.05, 4.69) is 9.46 Å². The predicted octanol–water partition coefficient (Wildman–Crippen LogP) is 0.537. The summed E-state index contributed by atoms with van der Waals surface area (Å²) in [5.41, 5.74) is -0.395. The lowest BCUT2D eigenvalue weighted by atomic mass is 10.2. The van der Waals surface area contributed by atoms with Gasteiger partial charge in [-0.1, -0.05) is 0 Å². The van der Waals surface area contributed by atoms with Crippen LogP contribution in [-0.4, -0.2) is 27.5 Å². The van der Waals surface area contributed by atoms with E-state index in [0.29, 0.717) is 0 Å². The number of ether oxygens (including phenoxy) is 1. The first-order valence-corrected chi connectivity index (χ1v) is 6.60. The molecule has 0 saturated heterocycles. The largest absolute Gasteiger partial charge is 0.468 e. The number of carbonyl (C=O) groups is 1. The molecule has 1 unspecified atom stereocenters. The number of nitrogens with one attached hydrogen (secondary N) is 1. The quantitative estimate of drug-likeness (QED) is 0.815. The summed E-state index contributed by atoms with van der Waals surface area (Å²) in [5, 5.41) is 8.64. The fourth-order valence-electron chi connectivity index (χ4n) is 1.28. The average Bonchev–Trinajstić information content (AvgIpc) is 2.37. The second kappa shape index (κ2) is 5.77. The highest BCUT2D eigenvalue weighted by Gasteiger charge is 2.23. The van der Waals surface area contributed by atoms with Crippen LogP contribution in [0.1, 0.15) is 12.5 Å². The maximum absolute atomic E-state index is 13.1. The van der Waals surface area contributed by atoms with E-state index < -0.39 is 33.4 Å². The summed E-state index contributed by atoms with van der Waals surface area (Å²) in [6, 6.07) is 3.21. The third-order valence-electron chi connectivity index (χ3n) is 2.26. The molecule has 6 nitrogen and oxygen atoms in total. The Morgan fingerprint density at radius 1 is 1.53 bits per heavy atom. The third kappa shape index (κ3) is 3.49. The van der Waals surface area contributed by atoms with Gasteiger partial charge in [-0.3, -0.25) is 4.79 Å². The van der Waals surface area contributed by atoms with Gasteiger partial charge < -0.3 is 4.74 Å². The fraction of sp³-hybridized carbons (Fsp3) is 0.273. The second-order valence-electron chi connectivity index (χ2n) is 3.62. The molecule has 0 saturated carbocycles. The van der Waals surface area contributed by atoms with Gasteiger partial charge in [0.15, 0.2) is 0 Å². The van der Waals surface area contributed by atoms with E-state index in [4.69, 9.17) is 5.26 Å². The SMILES string of the molecule is COC(=O)C(C)NS(=O)(=O)c1ccc(F)c(C#N)c1. The van der Waals surface area contributed by atoms with Gasteiger partial charge in [0.05, 0.1) is 17.6 Å². The highest BCUT2D eigenvalue weighted by atomic mass is 32.2. The molecule has 1 aromatic rings. The van der Waals surface area contributed by atoms with E-state index in [9.17, 15) is 17.6 Å². The molecule has 0 aromatic heterocycles. The number of sulfonamides is 1. The molecule has 19 heavy (non-hydrogen) atoms. The van der Waals surface area contributed by atoms with Crippen LogP contribution in [0.15, 0.2) is 23.1 Å². The molecule has 0 aliphatic carbocycles. The Morgan fingerprint density at radius 3 is 2.68 bits per heavy atom. The molecule has 0 bridgehead atoms. The Hall–Kier alpha value is -1.98. The Kier molecular flexibility index (Phi) is 4.58. The van der Waals surface area contributed by atoms with Crippen molar-refractivity contribution in [1.82, 2.24) is 4.72 Å². The second-order valence-corrected chi connectivity index (χ2v) is 5.33. The molecule has 1 atom stereocenters. The summed E-state index contributed by atoms with van der Waals surface area (Å²) in [6.45, 7) is 1.30. The van der Waals surface area contributed by atoms with Crippen LogP contribution in [0.25, 0.3) is 0 Å². The summed E-state index contributed by atoms with van der Waals surface area (Å²) >= 11 is 0. The molecule has 0 aliphatic rings. The van der Waals surface area contributed by atoms with Crippen molar-refractivity contribution >= 4 is 16.0 Å². The third-order valence-corrected chi connectivity index (χ3v) is 3.79. The molecular weight excluding hydrogens is 275 g/mol. The Balaban J connectivity index is 3.08. The predicted molar refractivity (Wildman–Crippen MR) is 62.9 cm³/mol. The van der Waals surface area contributed by atoms with Gasteiger partial charge in [-0.15, -0.1) is 0 Å². The molecule has 1 aromatic carbocycles.